The molecule has 0 spiro atoms. The molecule has 3 nitrogen and oxygen atoms in total. The predicted octanol–water partition coefficient (Wildman–Crippen LogP) is 0.512. The summed E-state index contributed by atoms with van der Waals surface area (Å²) in [6, 6.07) is 0. The van der Waals surface area contributed by atoms with Crippen molar-refractivity contribution in [2.75, 3.05) is 19.6 Å². The van der Waals surface area contributed by atoms with Crippen LogP contribution in [0.3, 0.4) is 0 Å². The second-order valence-electron chi connectivity index (χ2n) is 2.53. The Morgan fingerprint density at radius 1 is 1.27 bits per heavy atom. The van der Waals surface area contributed by atoms with Gasteiger partial charge in [0.1, 0.15) is 0 Å². The van der Waals surface area contributed by atoms with E-state index in [0.717, 1.165) is 13.1 Å². The Morgan fingerprint density at radius 2 is 1.91 bits per heavy atom. The van der Waals surface area contributed by atoms with Crippen LogP contribution in [-0.4, -0.2) is 25.5 Å². The van der Waals surface area contributed by atoms with Gasteiger partial charge in [-0.2, -0.15) is 0 Å². The SMILES string of the molecule is CCCC.O=C1CNCCN1. The number of carbonyl (C=O) groups excluding carboxylic acids is 1. The molecule has 0 atom stereocenters. The number of piperazine rings is 1. The monoisotopic (exact) mass is 158 g/mol. The van der Waals surface area contributed by atoms with Crippen molar-refractivity contribution in [3.8, 4) is 0 Å². The number of nitrogens with one attached hydrogen (secondary N) is 2. The molecule has 66 valence electrons. The van der Waals surface area contributed by atoms with Crippen LogP contribution < -0.4 is 10.6 Å². The van der Waals surface area contributed by atoms with Crippen molar-refractivity contribution in [2.45, 2.75) is 26.7 Å². The van der Waals surface area contributed by atoms with Gasteiger partial charge in [0, 0.05) is 13.1 Å². The second kappa shape index (κ2) is 7.54. The Hall–Kier alpha value is -0.570. The summed E-state index contributed by atoms with van der Waals surface area (Å²) in [5.74, 6) is 0.103. The molecule has 1 heterocycles. The molecule has 1 rings (SSSR count). The van der Waals surface area contributed by atoms with Crippen molar-refractivity contribution in [1.82, 2.24) is 10.6 Å². The molecule has 3 heteroatoms. The van der Waals surface area contributed by atoms with Gasteiger partial charge in [0.2, 0.25) is 5.91 Å². The summed E-state index contributed by atoms with van der Waals surface area (Å²) in [4.78, 5) is 10.3. The van der Waals surface area contributed by atoms with Gasteiger partial charge in [-0.3, -0.25) is 4.79 Å². The summed E-state index contributed by atoms with van der Waals surface area (Å²) in [5.41, 5.74) is 0. The summed E-state index contributed by atoms with van der Waals surface area (Å²) in [6.07, 6.45) is 2.64. The zero-order valence-electron chi connectivity index (χ0n) is 7.44. The molecule has 0 aromatic rings. The van der Waals surface area contributed by atoms with Crippen molar-refractivity contribution in [1.29, 1.82) is 0 Å². The molecule has 0 saturated carbocycles. The maximum atomic E-state index is 10.3. The van der Waals surface area contributed by atoms with Gasteiger partial charge in [-0.1, -0.05) is 26.7 Å². The van der Waals surface area contributed by atoms with Crippen LogP contribution in [0.1, 0.15) is 26.7 Å². The van der Waals surface area contributed by atoms with Gasteiger partial charge in [-0.05, 0) is 0 Å². The van der Waals surface area contributed by atoms with Crippen molar-refractivity contribution in [3.63, 3.8) is 0 Å². The fourth-order valence-corrected chi connectivity index (χ4v) is 0.555. The highest BCUT2D eigenvalue weighted by Crippen LogP contribution is 1.76. The first-order chi connectivity index (χ1) is 5.31. The van der Waals surface area contributed by atoms with E-state index in [1.807, 2.05) is 0 Å². The Bertz CT molecular complexity index is 94.3. The molecule has 11 heavy (non-hydrogen) atoms. The molecule has 0 aromatic heterocycles. The van der Waals surface area contributed by atoms with E-state index in [1.54, 1.807) is 0 Å². The molecule has 1 aliphatic heterocycles. The van der Waals surface area contributed by atoms with E-state index in [1.165, 1.54) is 12.8 Å². The lowest BCUT2D eigenvalue weighted by Gasteiger charge is -2.11. The molecule has 0 unspecified atom stereocenters. The number of amides is 1. The van der Waals surface area contributed by atoms with E-state index < -0.39 is 0 Å². The summed E-state index contributed by atoms with van der Waals surface area (Å²) in [5, 5.41) is 5.60. The zero-order valence-corrected chi connectivity index (χ0v) is 7.44. The van der Waals surface area contributed by atoms with Crippen molar-refractivity contribution in [3.05, 3.63) is 0 Å². The molecule has 1 fully saturated rings. The number of hydrogen-bond donors (Lipinski definition) is 2. The third kappa shape index (κ3) is 7.33. The van der Waals surface area contributed by atoms with Crippen LogP contribution in [0.4, 0.5) is 0 Å². The summed E-state index contributed by atoms with van der Waals surface area (Å²) in [7, 11) is 0. The van der Waals surface area contributed by atoms with Crippen LogP contribution >= 0.6 is 0 Å². The summed E-state index contributed by atoms with van der Waals surface area (Å²) in [6.45, 7) is 6.53. The molecule has 2 N–H and O–H groups in total. The average Bonchev–Trinajstić information content (AvgIpc) is 2.07. The number of rotatable bonds is 1. The zero-order chi connectivity index (χ0) is 8.53. The highest BCUT2D eigenvalue weighted by Gasteiger charge is 2.02. The Balaban J connectivity index is 0.000000218. The molecule has 0 aromatic carbocycles. The number of unbranched alkanes of at least 4 members (excludes halogenated alkanes) is 1. The van der Waals surface area contributed by atoms with Gasteiger partial charge in [-0.15, -0.1) is 0 Å². The number of carbonyl (C=O) groups is 1. The van der Waals surface area contributed by atoms with Crippen LogP contribution in [-0.2, 0) is 4.79 Å². The van der Waals surface area contributed by atoms with Crippen molar-refractivity contribution >= 4 is 5.91 Å². The minimum atomic E-state index is 0.103. The molecule has 0 bridgehead atoms. The van der Waals surface area contributed by atoms with Gasteiger partial charge in [0.05, 0.1) is 6.54 Å². The first-order valence-corrected chi connectivity index (χ1v) is 4.28. The predicted molar refractivity (Wildman–Crippen MR) is 46.5 cm³/mol. The summed E-state index contributed by atoms with van der Waals surface area (Å²) >= 11 is 0. The van der Waals surface area contributed by atoms with Crippen LogP contribution in [0.2, 0.25) is 0 Å². The van der Waals surface area contributed by atoms with Gasteiger partial charge < -0.3 is 10.6 Å². The average molecular weight is 158 g/mol. The van der Waals surface area contributed by atoms with Crippen LogP contribution in [0, 0.1) is 0 Å². The smallest absolute Gasteiger partial charge is 0.234 e. The fourth-order valence-electron chi connectivity index (χ4n) is 0.555. The van der Waals surface area contributed by atoms with Crippen LogP contribution in [0.25, 0.3) is 0 Å². The molecular formula is C8H18N2O. The highest BCUT2D eigenvalue weighted by molar-refractivity contribution is 5.78. The normalized spacial score (nSPS) is 16.4. The fraction of sp³-hybridized carbons (Fsp3) is 0.875. The Kier molecular flexibility index (Phi) is 7.15. The lowest BCUT2D eigenvalue weighted by Crippen LogP contribution is -2.44. The van der Waals surface area contributed by atoms with E-state index in [0.29, 0.717) is 6.54 Å². The van der Waals surface area contributed by atoms with Crippen molar-refractivity contribution < 1.29 is 4.79 Å². The van der Waals surface area contributed by atoms with Crippen LogP contribution in [0.15, 0.2) is 0 Å². The first kappa shape index (κ1) is 10.4. The largest absolute Gasteiger partial charge is 0.354 e. The van der Waals surface area contributed by atoms with E-state index >= 15 is 0 Å². The maximum absolute atomic E-state index is 10.3. The minimum absolute atomic E-state index is 0.103. The van der Waals surface area contributed by atoms with E-state index in [2.05, 4.69) is 24.5 Å². The van der Waals surface area contributed by atoms with Gasteiger partial charge in [0.15, 0.2) is 0 Å². The number of hydrogen-bond acceptors (Lipinski definition) is 2. The van der Waals surface area contributed by atoms with E-state index in [4.69, 9.17) is 0 Å². The quantitative estimate of drug-likeness (QED) is 0.584. The second-order valence-corrected chi connectivity index (χ2v) is 2.53. The molecule has 1 saturated heterocycles. The van der Waals surface area contributed by atoms with E-state index in [-0.39, 0.29) is 5.91 Å². The molecule has 1 aliphatic rings. The highest BCUT2D eigenvalue weighted by atomic mass is 16.2. The van der Waals surface area contributed by atoms with E-state index in [9.17, 15) is 4.79 Å². The lowest BCUT2D eigenvalue weighted by atomic mass is 10.4. The van der Waals surface area contributed by atoms with Gasteiger partial charge in [0.25, 0.3) is 0 Å². The first-order valence-electron chi connectivity index (χ1n) is 4.28. The minimum Gasteiger partial charge on any atom is -0.354 e. The third-order valence-corrected chi connectivity index (χ3v) is 1.41. The van der Waals surface area contributed by atoms with Crippen LogP contribution in [0.5, 0.6) is 0 Å². The van der Waals surface area contributed by atoms with Gasteiger partial charge in [-0.25, -0.2) is 0 Å². The third-order valence-electron chi connectivity index (χ3n) is 1.41. The molecule has 0 aliphatic carbocycles. The molecule has 1 amide bonds. The standard InChI is InChI=1S/C4H8N2O.C4H10/c7-4-3-5-1-2-6-4;1-3-4-2/h5H,1-3H2,(H,6,7);3-4H2,1-2H3. The lowest BCUT2D eigenvalue weighted by molar-refractivity contribution is -0.121. The summed E-state index contributed by atoms with van der Waals surface area (Å²) < 4.78 is 0. The maximum Gasteiger partial charge on any atom is 0.234 e. The van der Waals surface area contributed by atoms with Gasteiger partial charge >= 0.3 is 0 Å². The Morgan fingerprint density at radius 3 is 2.09 bits per heavy atom. The molecule has 0 radical (unpaired) electrons. The molecular weight excluding hydrogens is 140 g/mol. The Labute approximate surface area is 68.6 Å². The van der Waals surface area contributed by atoms with Crippen molar-refractivity contribution in [2.24, 2.45) is 0 Å². The topological polar surface area (TPSA) is 41.1 Å².